The lowest BCUT2D eigenvalue weighted by molar-refractivity contribution is -0.139. The quantitative estimate of drug-likeness (QED) is 0.664. The molecule has 0 aliphatic heterocycles. The van der Waals surface area contributed by atoms with E-state index < -0.39 is 12.0 Å². The second kappa shape index (κ2) is 7.76. The summed E-state index contributed by atoms with van der Waals surface area (Å²) in [4.78, 5) is 13.5. The molecule has 0 aliphatic carbocycles. The minimum absolute atomic E-state index is 0.00485. The average Bonchev–Trinajstić information content (AvgIpc) is 2.40. The van der Waals surface area contributed by atoms with Crippen LogP contribution in [-0.2, 0) is 4.79 Å². The first kappa shape index (κ1) is 15.5. The fourth-order valence-corrected chi connectivity index (χ4v) is 1.97. The number of phenols is 1. The van der Waals surface area contributed by atoms with E-state index in [4.69, 9.17) is 0 Å². The van der Waals surface area contributed by atoms with Crippen molar-refractivity contribution in [1.29, 1.82) is 0 Å². The molecule has 5 heteroatoms. The van der Waals surface area contributed by atoms with Gasteiger partial charge in [0.15, 0.2) is 0 Å². The second-order valence-corrected chi connectivity index (χ2v) is 4.31. The van der Waals surface area contributed by atoms with Crippen molar-refractivity contribution in [1.82, 2.24) is 10.2 Å². The first-order valence-electron chi connectivity index (χ1n) is 6.56. The lowest BCUT2D eigenvalue weighted by Gasteiger charge is -2.21. The van der Waals surface area contributed by atoms with E-state index >= 15 is 0 Å². The molecule has 3 N–H and O–H groups in total. The maximum Gasteiger partial charge on any atom is 0.325 e. The van der Waals surface area contributed by atoms with Crippen molar-refractivity contribution in [2.45, 2.75) is 19.9 Å². The van der Waals surface area contributed by atoms with Gasteiger partial charge in [0, 0.05) is 18.7 Å². The monoisotopic (exact) mass is 266 g/mol. The Hall–Kier alpha value is -1.59. The third-order valence-electron chi connectivity index (χ3n) is 3.17. The number of para-hydroxylation sites is 1. The number of nitrogens with one attached hydrogen (secondary N) is 1. The Morgan fingerprint density at radius 3 is 2.47 bits per heavy atom. The molecular weight excluding hydrogens is 244 g/mol. The highest BCUT2D eigenvalue weighted by atomic mass is 16.4. The molecule has 106 valence electrons. The fraction of sp³-hybridized carbons (Fsp3) is 0.500. The number of rotatable bonds is 8. The fourth-order valence-electron chi connectivity index (χ4n) is 1.97. The van der Waals surface area contributed by atoms with Crippen LogP contribution in [0.2, 0.25) is 0 Å². The van der Waals surface area contributed by atoms with E-state index in [1.54, 1.807) is 18.2 Å². The molecule has 1 rings (SSSR count). The van der Waals surface area contributed by atoms with E-state index in [1.165, 1.54) is 6.07 Å². The predicted octanol–water partition coefficient (Wildman–Crippen LogP) is 1.45. The Kier molecular flexibility index (Phi) is 6.32. The van der Waals surface area contributed by atoms with Crippen LogP contribution in [0.4, 0.5) is 0 Å². The summed E-state index contributed by atoms with van der Waals surface area (Å²) < 4.78 is 0. The number of carbonyl (C=O) groups is 1. The van der Waals surface area contributed by atoms with Crippen molar-refractivity contribution in [2.24, 2.45) is 0 Å². The van der Waals surface area contributed by atoms with Crippen LogP contribution in [0.1, 0.15) is 25.5 Å². The van der Waals surface area contributed by atoms with Crippen LogP contribution in [0, 0.1) is 0 Å². The molecule has 0 aliphatic rings. The van der Waals surface area contributed by atoms with E-state index in [0.717, 1.165) is 19.6 Å². The Balaban J connectivity index is 2.65. The molecule has 0 radical (unpaired) electrons. The molecule has 1 aromatic rings. The second-order valence-electron chi connectivity index (χ2n) is 4.31. The van der Waals surface area contributed by atoms with Crippen LogP contribution in [0.5, 0.6) is 5.75 Å². The molecule has 19 heavy (non-hydrogen) atoms. The molecule has 0 amide bonds. The standard InChI is InChI=1S/C14H22N2O3/c1-3-16(4-2)10-9-15-13(14(18)19)11-7-5-6-8-12(11)17/h5-8,13,15,17H,3-4,9-10H2,1-2H3,(H,18,19). The number of phenolic OH excluding ortho intramolecular Hbond substituents is 1. The first-order chi connectivity index (χ1) is 9.10. The van der Waals surface area contributed by atoms with Crippen LogP contribution < -0.4 is 5.32 Å². The van der Waals surface area contributed by atoms with Gasteiger partial charge in [0.05, 0.1) is 0 Å². The summed E-state index contributed by atoms with van der Waals surface area (Å²) in [7, 11) is 0. The Labute approximate surface area is 113 Å². The molecule has 0 bridgehead atoms. The van der Waals surface area contributed by atoms with E-state index in [2.05, 4.69) is 24.1 Å². The van der Waals surface area contributed by atoms with Gasteiger partial charge in [-0.25, -0.2) is 0 Å². The Morgan fingerprint density at radius 2 is 1.95 bits per heavy atom. The normalized spacial score (nSPS) is 12.6. The van der Waals surface area contributed by atoms with Gasteiger partial charge in [0.1, 0.15) is 11.8 Å². The highest BCUT2D eigenvalue weighted by Gasteiger charge is 2.21. The maximum absolute atomic E-state index is 11.3. The highest BCUT2D eigenvalue weighted by molar-refractivity contribution is 5.76. The van der Waals surface area contributed by atoms with Crippen molar-refractivity contribution >= 4 is 5.97 Å². The zero-order chi connectivity index (χ0) is 14.3. The molecule has 1 aromatic carbocycles. The molecule has 0 fully saturated rings. The summed E-state index contributed by atoms with van der Waals surface area (Å²) in [5.41, 5.74) is 0.398. The first-order valence-corrected chi connectivity index (χ1v) is 6.56. The summed E-state index contributed by atoms with van der Waals surface area (Å²) in [6, 6.07) is 5.64. The minimum Gasteiger partial charge on any atom is -0.508 e. The number of benzene rings is 1. The van der Waals surface area contributed by atoms with Crippen LogP contribution in [0.3, 0.4) is 0 Å². The lowest BCUT2D eigenvalue weighted by Crippen LogP contribution is -2.36. The molecule has 0 heterocycles. The number of nitrogens with zero attached hydrogens (tertiary/aromatic N) is 1. The van der Waals surface area contributed by atoms with Gasteiger partial charge in [-0.3, -0.25) is 10.1 Å². The van der Waals surface area contributed by atoms with Crippen molar-refractivity contribution < 1.29 is 15.0 Å². The number of hydrogen-bond acceptors (Lipinski definition) is 4. The molecule has 0 spiro atoms. The predicted molar refractivity (Wildman–Crippen MR) is 74.3 cm³/mol. The number of hydrogen-bond donors (Lipinski definition) is 3. The van der Waals surface area contributed by atoms with Crippen molar-refractivity contribution in [3.63, 3.8) is 0 Å². The van der Waals surface area contributed by atoms with Gasteiger partial charge < -0.3 is 15.1 Å². The van der Waals surface area contributed by atoms with E-state index in [0.29, 0.717) is 12.1 Å². The number of carboxylic acids is 1. The molecule has 1 unspecified atom stereocenters. The third kappa shape index (κ3) is 4.54. The van der Waals surface area contributed by atoms with Crippen LogP contribution in [-0.4, -0.2) is 47.3 Å². The number of likely N-dealkylation sites (N-methyl/N-ethyl adjacent to an activating group) is 1. The number of aromatic hydroxyl groups is 1. The summed E-state index contributed by atoms with van der Waals surface area (Å²) in [5, 5.41) is 21.9. The van der Waals surface area contributed by atoms with E-state index in [-0.39, 0.29) is 5.75 Å². The molecule has 0 aromatic heterocycles. The van der Waals surface area contributed by atoms with Gasteiger partial charge in [-0.05, 0) is 19.2 Å². The van der Waals surface area contributed by atoms with E-state index in [9.17, 15) is 15.0 Å². The lowest BCUT2D eigenvalue weighted by atomic mass is 10.1. The number of carboxylic acid groups (broad SMARTS) is 1. The zero-order valence-electron chi connectivity index (χ0n) is 11.5. The smallest absolute Gasteiger partial charge is 0.325 e. The van der Waals surface area contributed by atoms with Crippen molar-refractivity contribution in [2.75, 3.05) is 26.2 Å². The largest absolute Gasteiger partial charge is 0.508 e. The topological polar surface area (TPSA) is 72.8 Å². The molecule has 5 nitrogen and oxygen atoms in total. The van der Waals surface area contributed by atoms with Gasteiger partial charge in [-0.1, -0.05) is 32.0 Å². The van der Waals surface area contributed by atoms with Gasteiger partial charge in [-0.2, -0.15) is 0 Å². The van der Waals surface area contributed by atoms with E-state index in [1.807, 2.05) is 0 Å². The minimum atomic E-state index is -0.985. The van der Waals surface area contributed by atoms with Gasteiger partial charge >= 0.3 is 5.97 Å². The van der Waals surface area contributed by atoms with Gasteiger partial charge in [-0.15, -0.1) is 0 Å². The summed E-state index contributed by atoms with van der Waals surface area (Å²) in [5.74, 6) is -0.980. The molecule has 0 saturated carbocycles. The average molecular weight is 266 g/mol. The third-order valence-corrected chi connectivity index (χ3v) is 3.17. The zero-order valence-corrected chi connectivity index (χ0v) is 11.5. The summed E-state index contributed by atoms with van der Waals surface area (Å²) in [6.45, 7) is 7.36. The van der Waals surface area contributed by atoms with Crippen molar-refractivity contribution in [3.8, 4) is 5.75 Å². The van der Waals surface area contributed by atoms with Crippen LogP contribution in [0.25, 0.3) is 0 Å². The summed E-state index contributed by atoms with van der Waals surface area (Å²) in [6.07, 6.45) is 0. The molecule has 1 atom stereocenters. The van der Waals surface area contributed by atoms with Crippen LogP contribution in [0.15, 0.2) is 24.3 Å². The molecule has 0 saturated heterocycles. The Morgan fingerprint density at radius 1 is 1.32 bits per heavy atom. The van der Waals surface area contributed by atoms with Crippen LogP contribution >= 0.6 is 0 Å². The maximum atomic E-state index is 11.3. The Bertz CT molecular complexity index is 405. The molecular formula is C14H22N2O3. The summed E-state index contributed by atoms with van der Waals surface area (Å²) >= 11 is 0. The van der Waals surface area contributed by atoms with Gasteiger partial charge in [0.2, 0.25) is 0 Å². The van der Waals surface area contributed by atoms with Crippen molar-refractivity contribution in [3.05, 3.63) is 29.8 Å². The SMILES string of the molecule is CCN(CC)CCNC(C(=O)O)c1ccccc1O. The highest BCUT2D eigenvalue weighted by Crippen LogP contribution is 2.23. The number of aliphatic carboxylic acids is 1. The van der Waals surface area contributed by atoms with Gasteiger partial charge in [0.25, 0.3) is 0 Å².